The Morgan fingerprint density at radius 3 is 1.38 bits per heavy atom. The van der Waals surface area contributed by atoms with Gasteiger partial charge in [0.05, 0.1) is 40.2 Å². The Morgan fingerprint density at radius 2 is 1.06 bits per heavy atom. The topological polar surface area (TPSA) is 233 Å². The van der Waals surface area contributed by atoms with Gasteiger partial charge in [-0.15, -0.1) is 0 Å². The molecule has 0 aromatic rings. The highest BCUT2D eigenvalue weighted by Crippen LogP contribution is 2.39. The summed E-state index contributed by atoms with van der Waals surface area (Å²) in [6.07, 6.45) is 20.8. The van der Waals surface area contributed by atoms with Gasteiger partial charge in [0.1, 0.15) is 0 Å². The first-order valence-corrected chi connectivity index (χ1v) is 24.5. The summed E-state index contributed by atoms with van der Waals surface area (Å²) in [5.74, 6) is 8.57. The van der Waals surface area contributed by atoms with Crippen LogP contribution in [0.15, 0.2) is 0 Å². The summed E-state index contributed by atoms with van der Waals surface area (Å²) in [7, 11) is 3.20. The average Bonchev–Trinajstić information content (AvgIpc) is 3.14. The van der Waals surface area contributed by atoms with Gasteiger partial charge < -0.3 is 26.4 Å². The lowest BCUT2D eigenvalue weighted by Gasteiger charge is -2.35. The molecule has 2 aliphatic rings. The van der Waals surface area contributed by atoms with Crippen molar-refractivity contribution >= 4 is 83.1 Å². The number of nitrogens with two attached hydrogens (primary N) is 6. The Morgan fingerprint density at radius 1 is 0.679 bits per heavy atom. The summed E-state index contributed by atoms with van der Waals surface area (Å²) in [4.78, 5) is 6.65. The van der Waals surface area contributed by atoms with Crippen molar-refractivity contribution in [1.82, 2.24) is 0 Å². The maximum Gasteiger partial charge on any atom is 0.332 e. The first kappa shape index (κ1) is 54.6. The molecule has 2 fully saturated rings. The molecule has 2 rings (SSSR count). The predicted octanol–water partition coefficient (Wildman–Crippen LogP) is -0.345. The van der Waals surface area contributed by atoms with Gasteiger partial charge in [-0.2, -0.15) is 59.7 Å². The van der Waals surface area contributed by atoms with E-state index in [4.69, 9.17) is 44.6 Å². The van der Waals surface area contributed by atoms with Crippen molar-refractivity contribution < 1.29 is 37.1 Å². The maximum absolute atomic E-state index is 6.07. The molecular formula is C37H84N8O3S5+4. The van der Waals surface area contributed by atoms with E-state index >= 15 is 0 Å². The highest BCUT2D eigenvalue weighted by molar-refractivity contribution is 8.04. The van der Waals surface area contributed by atoms with Crippen molar-refractivity contribution in [2.45, 2.75) is 125 Å². The second-order valence-electron chi connectivity index (χ2n) is 13.0. The molecule has 11 nitrogen and oxygen atoms in total. The van der Waals surface area contributed by atoms with Crippen molar-refractivity contribution in [3.8, 4) is 0 Å². The number of thioether (sulfide) groups is 4. The molecule has 2 saturated carbocycles. The minimum Gasteiger partial charge on any atom is -0.451 e. The third-order valence-corrected chi connectivity index (χ3v) is 14.1. The minimum atomic E-state index is 0. The SMILES string of the molecule is COC(=[NH2+])CCCCCCC(=[NH2+])OC.CSCC[NH+]=C(N)CCCCCCC(N)=[NH+]CCSC1CCC1C.NCCSC1CCC1SCCN.O.[2H]CS. The van der Waals surface area contributed by atoms with Crippen LogP contribution >= 0.6 is 59.7 Å². The van der Waals surface area contributed by atoms with Crippen LogP contribution in [0, 0.1) is 5.92 Å². The number of hydrogen-bond acceptors (Lipinski definition) is 9. The molecule has 16 heteroatoms. The molecule has 0 bridgehead atoms. The third kappa shape index (κ3) is 35.7. The predicted molar refractivity (Wildman–Crippen MR) is 245 cm³/mol. The van der Waals surface area contributed by atoms with Crippen LogP contribution < -0.4 is 43.7 Å². The fraction of sp³-hybridized carbons (Fsp3) is 0.892. The molecule has 4 unspecified atom stereocenters. The number of thiol groups is 1. The fourth-order valence-corrected chi connectivity index (χ4v) is 9.45. The van der Waals surface area contributed by atoms with Gasteiger partial charge >= 0.3 is 11.8 Å². The first-order chi connectivity index (χ1) is 25.6. The van der Waals surface area contributed by atoms with Crippen molar-refractivity contribution in [3.05, 3.63) is 0 Å². The summed E-state index contributed by atoms with van der Waals surface area (Å²) >= 11 is 11.5. The molecule has 4 atom stereocenters. The van der Waals surface area contributed by atoms with Crippen molar-refractivity contribution in [3.63, 3.8) is 0 Å². The molecule has 0 spiro atoms. The van der Waals surface area contributed by atoms with Crippen LogP contribution in [0.4, 0.5) is 0 Å². The second-order valence-corrected chi connectivity index (χ2v) is 18.0. The summed E-state index contributed by atoms with van der Waals surface area (Å²) in [6, 6.07) is 0. The van der Waals surface area contributed by atoms with Crippen LogP contribution in [-0.2, 0) is 9.47 Å². The molecule has 0 aliphatic heterocycles. The Kier molecular flexibility index (Phi) is 43.9. The van der Waals surface area contributed by atoms with E-state index in [1.807, 2.05) is 35.3 Å². The number of hydrogen-bond donors (Lipinski definition) is 9. The zero-order chi connectivity index (χ0) is 40.0. The van der Waals surface area contributed by atoms with E-state index in [0.717, 1.165) is 128 Å². The van der Waals surface area contributed by atoms with Crippen molar-refractivity contribution in [2.75, 3.05) is 75.9 Å². The Labute approximate surface area is 348 Å². The zero-order valence-corrected chi connectivity index (χ0v) is 38.0. The van der Waals surface area contributed by atoms with Crippen molar-refractivity contribution in [2.24, 2.45) is 28.9 Å². The molecule has 2 aliphatic carbocycles. The average molecular weight is 850 g/mol. The Hall–Kier alpha value is -0.490. The van der Waals surface area contributed by atoms with Crippen LogP contribution in [0.5, 0.6) is 0 Å². The van der Waals surface area contributed by atoms with Crippen LogP contribution in [0.2, 0.25) is 0 Å². The summed E-state index contributed by atoms with van der Waals surface area (Å²) in [6.45, 7) is 5.97. The Bertz CT molecular complexity index is 897. The number of amidine groups is 2. The van der Waals surface area contributed by atoms with Crippen molar-refractivity contribution in [1.29, 1.82) is 0 Å². The van der Waals surface area contributed by atoms with Crippen LogP contribution in [0.25, 0.3) is 0 Å². The van der Waals surface area contributed by atoms with Crippen LogP contribution in [0.3, 0.4) is 0 Å². The molecule has 0 aromatic heterocycles. The third-order valence-electron chi connectivity index (χ3n) is 8.80. The van der Waals surface area contributed by atoms with E-state index in [0.29, 0.717) is 11.8 Å². The quantitative estimate of drug-likeness (QED) is 0.0226. The molecule has 16 N–H and O–H groups in total. The molecule has 0 radical (unpaired) electrons. The highest BCUT2D eigenvalue weighted by Gasteiger charge is 2.30. The van der Waals surface area contributed by atoms with Gasteiger partial charge in [-0.3, -0.25) is 21.5 Å². The number of unbranched alkanes of at least 4 members (excludes halogenated alkanes) is 6. The molecule has 316 valence electrons. The molecular weight excluding hydrogens is 765 g/mol. The number of ether oxygens (including phenoxy) is 2. The standard InChI is InChI=1S/C18H36N4S2.C10H20N2O2.C8H18N2S2.CH4S.H2O/c1-15-9-10-16(15)24-14-12-22-18(20)8-6-4-3-5-7-17(19)21-11-13-23-2;1-13-9(11)7-5-3-4-6-8-10(12)14-2;9-3-5-11-7-1-2-8(7)12-6-4-10;1-2;/h15-16H,3-14H2,1-2H3,(H2,19,21)(H2,20,22);11-12H,3-8H2,1-2H3;7-8H,1-6,9-10H2;2H,1H3;1H2/p+4/i;;;1D;. The Balaban J connectivity index is -0.000000739. The van der Waals surface area contributed by atoms with E-state index in [9.17, 15) is 0 Å². The van der Waals surface area contributed by atoms with Gasteiger partial charge in [-0.05, 0) is 69.8 Å². The van der Waals surface area contributed by atoms with Crippen LogP contribution in [0.1, 0.15) is 111 Å². The molecule has 0 heterocycles. The second kappa shape index (κ2) is 42.6. The zero-order valence-electron chi connectivity index (χ0n) is 34.8. The number of nitrogens with one attached hydrogen (secondary N) is 2. The van der Waals surface area contributed by atoms with Gasteiger partial charge in [0.25, 0.3) is 0 Å². The fourth-order valence-electron chi connectivity index (χ4n) is 5.20. The van der Waals surface area contributed by atoms with Gasteiger partial charge in [0, 0.05) is 66.1 Å². The summed E-state index contributed by atoms with van der Waals surface area (Å²) in [5.41, 5.74) is 22.9. The number of rotatable bonds is 27. The molecule has 0 amide bonds. The lowest BCUT2D eigenvalue weighted by atomic mass is 9.87. The van der Waals surface area contributed by atoms with E-state index in [1.54, 1.807) is 14.2 Å². The molecule has 0 aromatic carbocycles. The van der Waals surface area contributed by atoms with E-state index < -0.39 is 0 Å². The van der Waals surface area contributed by atoms with E-state index in [-0.39, 0.29) is 11.7 Å². The molecule has 0 saturated heterocycles. The normalized spacial score (nSPS) is 19.2. The largest absolute Gasteiger partial charge is 0.451 e. The van der Waals surface area contributed by atoms with Crippen LogP contribution in [-0.4, -0.2) is 121 Å². The van der Waals surface area contributed by atoms with E-state index in [2.05, 4.69) is 47.6 Å². The number of methoxy groups -OCH3 is 2. The lowest BCUT2D eigenvalue weighted by Crippen LogP contribution is -2.76. The summed E-state index contributed by atoms with van der Waals surface area (Å²) < 4.78 is 15.8. The maximum atomic E-state index is 6.07. The lowest BCUT2D eigenvalue weighted by molar-refractivity contribution is -0.453. The monoisotopic (exact) mass is 850 g/mol. The van der Waals surface area contributed by atoms with E-state index in [1.165, 1.54) is 57.1 Å². The van der Waals surface area contributed by atoms with Gasteiger partial charge in [-0.1, -0.05) is 32.6 Å². The smallest absolute Gasteiger partial charge is 0.332 e. The first-order valence-electron chi connectivity index (χ1n) is 20.0. The minimum absolute atomic E-state index is 0. The van der Waals surface area contributed by atoms with Gasteiger partial charge in [-0.25, -0.2) is 10.8 Å². The van der Waals surface area contributed by atoms with Gasteiger partial charge in [0.15, 0.2) is 0 Å². The highest BCUT2D eigenvalue weighted by atomic mass is 32.2. The van der Waals surface area contributed by atoms with Gasteiger partial charge in [0.2, 0.25) is 11.7 Å². The summed E-state index contributed by atoms with van der Waals surface area (Å²) in [5, 5.41) is 13.6. The molecule has 53 heavy (non-hydrogen) atoms.